The first-order chi connectivity index (χ1) is 9.81. The number of ether oxygens (including phenoxy) is 1. The number of carbonyl (C=O) groups excluding carboxylic acids is 1. The van der Waals surface area contributed by atoms with Gasteiger partial charge in [-0.1, -0.05) is 58.3 Å². The van der Waals surface area contributed by atoms with E-state index < -0.39 is 0 Å². The van der Waals surface area contributed by atoms with Crippen LogP contribution in [0.15, 0.2) is 0 Å². The van der Waals surface area contributed by atoms with Gasteiger partial charge in [0.05, 0.1) is 6.61 Å². The average Bonchev–Trinajstić information content (AvgIpc) is 2.45. The number of aliphatic hydroxyl groups is 1. The molecule has 0 unspecified atom stereocenters. The van der Waals surface area contributed by atoms with Crippen LogP contribution in [0.25, 0.3) is 0 Å². The van der Waals surface area contributed by atoms with Gasteiger partial charge < -0.3 is 9.84 Å². The molecule has 0 amide bonds. The minimum absolute atomic E-state index is 0.0434. The van der Waals surface area contributed by atoms with E-state index in [4.69, 9.17) is 9.84 Å². The molecule has 0 radical (unpaired) electrons. The molecular weight excluding hydrogens is 252 g/mol. The quantitative estimate of drug-likeness (QED) is 0.353. The fourth-order valence-corrected chi connectivity index (χ4v) is 2.23. The number of hydrogen-bond acceptors (Lipinski definition) is 3. The van der Waals surface area contributed by atoms with Crippen molar-refractivity contribution in [2.45, 2.75) is 90.4 Å². The molecule has 0 aromatic carbocycles. The monoisotopic (exact) mass is 286 g/mol. The Morgan fingerprint density at radius 1 is 0.800 bits per heavy atom. The maximum absolute atomic E-state index is 11.4. The molecule has 0 aliphatic carbocycles. The lowest BCUT2D eigenvalue weighted by Crippen LogP contribution is -2.05. The van der Waals surface area contributed by atoms with E-state index in [0.717, 1.165) is 38.5 Å². The molecule has 3 nitrogen and oxygen atoms in total. The average molecular weight is 286 g/mol. The Morgan fingerprint density at radius 3 is 2.00 bits per heavy atom. The van der Waals surface area contributed by atoms with Crippen LogP contribution in [0.2, 0.25) is 0 Å². The van der Waals surface area contributed by atoms with Crippen LogP contribution in [0.1, 0.15) is 90.4 Å². The third-order valence-electron chi connectivity index (χ3n) is 3.55. The molecule has 0 atom stereocenters. The topological polar surface area (TPSA) is 46.5 Å². The summed E-state index contributed by atoms with van der Waals surface area (Å²) in [6.45, 7) is 3.04. The van der Waals surface area contributed by atoms with Crippen molar-refractivity contribution in [3.05, 3.63) is 0 Å². The van der Waals surface area contributed by atoms with Crippen LogP contribution in [0.4, 0.5) is 0 Å². The van der Waals surface area contributed by atoms with E-state index in [1.165, 1.54) is 38.5 Å². The maximum Gasteiger partial charge on any atom is 0.305 e. The van der Waals surface area contributed by atoms with Gasteiger partial charge in [0.15, 0.2) is 0 Å². The normalized spacial score (nSPS) is 10.7. The van der Waals surface area contributed by atoms with Crippen LogP contribution in [0.3, 0.4) is 0 Å². The second-order valence-corrected chi connectivity index (χ2v) is 5.58. The first kappa shape index (κ1) is 19.4. The Kier molecular flexibility index (Phi) is 16.0. The summed E-state index contributed by atoms with van der Waals surface area (Å²) in [7, 11) is 0. The molecule has 3 heteroatoms. The van der Waals surface area contributed by atoms with E-state index in [1.54, 1.807) is 0 Å². The standard InChI is InChI=1S/C17H34O3/c1-2-3-4-5-6-7-8-11-14-17(19)20-16-13-10-9-12-15-18/h18H,2-16H2,1H3. The molecule has 0 rings (SSSR count). The van der Waals surface area contributed by atoms with Crippen molar-refractivity contribution in [3.63, 3.8) is 0 Å². The molecule has 0 heterocycles. The van der Waals surface area contributed by atoms with E-state index in [0.29, 0.717) is 13.0 Å². The lowest BCUT2D eigenvalue weighted by Gasteiger charge is -2.05. The van der Waals surface area contributed by atoms with Gasteiger partial charge in [0.1, 0.15) is 0 Å². The van der Waals surface area contributed by atoms with Crippen molar-refractivity contribution < 1.29 is 14.6 Å². The van der Waals surface area contributed by atoms with E-state index in [2.05, 4.69) is 6.92 Å². The molecule has 0 aromatic rings. The lowest BCUT2D eigenvalue weighted by atomic mass is 10.1. The third kappa shape index (κ3) is 15.5. The van der Waals surface area contributed by atoms with Gasteiger partial charge in [-0.2, -0.15) is 0 Å². The summed E-state index contributed by atoms with van der Waals surface area (Å²) >= 11 is 0. The van der Waals surface area contributed by atoms with Crippen LogP contribution < -0.4 is 0 Å². The number of hydrogen-bond donors (Lipinski definition) is 1. The second-order valence-electron chi connectivity index (χ2n) is 5.58. The maximum atomic E-state index is 11.4. The van der Waals surface area contributed by atoms with Crippen LogP contribution in [-0.2, 0) is 9.53 Å². The van der Waals surface area contributed by atoms with Gasteiger partial charge in [-0.05, 0) is 25.7 Å². The van der Waals surface area contributed by atoms with E-state index in [1.807, 2.05) is 0 Å². The van der Waals surface area contributed by atoms with E-state index >= 15 is 0 Å². The predicted molar refractivity (Wildman–Crippen MR) is 83.7 cm³/mol. The van der Waals surface area contributed by atoms with E-state index in [9.17, 15) is 4.79 Å². The smallest absolute Gasteiger partial charge is 0.305 e. The number of carbonyl (C=O) groups is 1. The summed E-state index contributed by atoms with van der Waals surface area (Å²) in [4.78, 5) is 11.4. The first-order valence-electron chi connectivity index (χ1n) is 8.57. The van der Waals surface area contributed by atoms with Gasteiger partial charge in [-0.3, -0.25) is 4.79 Å². The Labute approximate surface area is 125 Å². The van der Waals surface area contributed by atoms with Gasteiger partial charge >= 0.3 is 5.97 Å². The van der Waals surface area contributed by atoms with Crippen molar-refractivity contribution in [1.82, 2.24) is 0 Å². The van der Waals surface area contributed by atoms with Crippen molar-refractivity contribution in [3.8, 4) is 0 Å². The van der Waals surface area contributed by atoms with Gasteiger partial charge in [-0.25, -0.2) is 0 Å². The number of unbranched alkanes of at least 4 members (excludes halogenated alkanes) is 10. The number of aliphatic hydroxyl groups excluding tert-OH is 1. The third-order valence-corrected chi connectivity index (χ3v) is 3.55. The van der Waals surface area contributed by atoms with Gasteiger partial charge in [0.2, 0.25) is 0 Å². The summed E-state index contributed by atoms with van der Waals surface area (Å²) in [5, 5.41) is 8.63. The predicted octanol–water partition coefficient (Wildman–Crippen LogP) is 4.61. The molecule has 0 spiro atoms. The zero-order chi connectivity index (χ0) is 14.9. The molecule has 0 bridgehead atoms. The fourth-order valence-electron chi connectivity index (χ4n) is 2.23. The zero-order valence-electron chi connectivity index (χ0n) is 13.4. The zero-order valence-corrected chi connectivity index (χ0v) is 13.4. The summed E-state index contributed by atoms with van der Waals surface area (Å²) < 4.78 is 5.18. The highest BCUT2D eigenvalue weighted by molar-refractivity contribution is 5.69. The van der Waals surface area contributed by atoms with Crippen molar-refractivity contribution in [2.75, 3.05) is 13.2 Å². The Hall–Kier alpha value is -0.570. The molecule has 0 fully saturated rings. The summed E-state index contributed by atoms with van der Waals surface area (Å²) in [5.41, 5.74) is 0. The molecule has 1 N–H and O–H groups in total. The highest BCUT2D eigenvalue weighted by atomic mass is 16.5. The second kappa shape index (κ2) is 16.5. The minimum Gasteiger partial charge on any atom is -0.466 e. The van der Waals surface area contributed by atoms with E-state index in [-0.39, 0.29) is 12.6 Å². The van der Waals surface area contributed by atoms with Gasteiger partial charge in [0, 0.05) is 13.0 Å². The molecule has 20 heavy (non-hydrogen) atoms. The molecule has 0 saturated heterocycles. The molecular formula is C17H34O3. The molecule has 120 valence electrons. The molecule has 0 aliphatic heterocycles. The number of esters is 1. The molecule has 0 saturated carbocycles. The fraction of sp³-hybridized carbons (Fsp3) is 0.941. The Balaban J connectivity index is 3.12. The Morgan fingerprint density at radius 2 is 1.35 bits per heavy atom. The van der Waals surface area contributed by atoms with Crippen LogP contribution >= 0.6 is 0 Å². The first-order valence-corrected chi connectivity index (χ1v) is 8.57. The SMILES string of the molecule is CCCCCCCCCCC(=O)OCCCCCCO. The highest BCUT2D eigenvalue weighted by Gasteiger charge is 2.02. The summed E-state index contributed by atoms with van der Waals surface area (Å²) in [6.07, 6.45) is 14.4. The Bertz CT molecular complexity index is 204. The van der Waals surface area contributed by atoms with Crippen molar-refractivity contribution in [1.29, 1.82) is 0 Å². The van der Waals surface area contributed by atoms with Crippen molar-refractivity contribution in [2.24, 2.45) is 0 Å². The van der Waals surface area contributed by atoms with Gasteiger partial charge in [0.25, 0.3) is 0 Å². The summed E-state index contributed by atoms with van der Waals surface area (Å²) in [5.74, 6) is -0.0434. The van der Waals surface area contributed by atoms with Crippen LogP contribution in [0, 0.1) is 0 Å². The van der Waals surface area contributed by atoms with Gasteiger partial charge in [-0.15, -0.1) is 0 Å². The van der Waals surface area contributed by atoms with Crippen LogP contribution in [-0.4, -0.2) is 24.3 Å². The molecule has 0 aromatic heterocycles. The number of rotatable bonds is 15. The largest absolute Gasteiger partial charge is 0.466 e. The lowest BCUT2D eigenvalue weighted by molar-refractivity contribution is -0.143. The molecule has 0 aliphatic rings. The van der Waals surface area contributed by atoms with Crippen LogP contribution in [0.5, 0.6) is 0 Å². The minimum atomic E-state index is -0.0434. The summed E-state index contributed by atoms with van der Waals surface area (Å²) in [6, 6.07) is 0. The highest BCUT2D eigenvalue weighted by Crippen LogP contribution is 2.10. The van der Waals surface area contributed by atoms with Crippen molar-refractivity contribution >= 4 is 5.97 Å².